The monoisotopic (exact) mass is 352 g/mol. The molecule has 136 valence electrons. The highest BCUT2D eigenvalue weighted by Gasteiger charge is 2.36. The zero-order chi connectivity index (χ0) is 18.7. The van der Waals surface area contributed by atoms with Crippen molar-refractivity contribution in [3.8, 4) is 0 Å². The molecule has 1 saturated heterocycles. The first kappa shape index (κ1) is 18.6. The zero-order valence-electron chi connectivity index (χ0n) is 13.8. The molecule has 3 N–H and O–H groups in total. The van der Waals surface area contributed by atoms with E-state index in [1.807, 2.05) is 0 Å². The lowest BCUT2D eigenvalue weighted by molar-refractivity contribution is -0.393. The molecule has 0 aliphatic carbocycles. The first-order chi connectivity index (χ1) is 11.8. The fourth-order valence-corrected chi connectivity index (χ4v) is 3.35. The topological polar surface area (TPSA) is 153 Å². The van der Waals surface area contributed by atoms with Crippen molar-refractivity contribution in [3.63, 3.8) is 0 Å². The second-order valence-electron chi connectivity index (χ2n) is 6.17. The van der Waals surface area contributed by atoms with E-state index in [1.54, 1.807) is 4.90 Å². The minimum absolute atomic E-state index is 0.0705. The van der Waals surface area contributed by atoms with Crippen molar-refractivity contribution in [2.24, 2.45) is 11.7 Å². The molecule has 1 fully saturated rings. The van der Waals surface area contributed by atoms with E-state index in [4.69, 9.17) is 5.73 Å². The number of primary amides is 1. The molecule has 0 radical (unpaired) electrons. The number of amides is 1. The lowest BCUT2D eigenvalue weighted by Crippen LogP contribution is -2.38. The van der Waals surface area contributed by atoms with E-state index in [0.29, 0.717) is 13.0 Å². The minimum Gasteiger partial charge on any atom is -0.392 e. The SMILES string of the molecule is Cc1c(CO)cc([N+](=O)[O-])c(N2CCCC(CC(N)=O)C2)c1[N+](=O)[O-]. The van der Waals surface area contributed by atoms with E-state index in [1.165, 1.54) is 13.0 Å². The number of carbonyl (C=O) groups is 1. The third-order valence-corrected chi connectivity index (χ3v) is 4.49. The molecule has 1 atom stereocenters. The standard InChI is InChI=1S/C15H20N4O6/c1-9-11(8-20)6-12(18(22)23)15(14(9)19(24)25)17-4-2-3-10(7-17)5-13(16)21/h6,10,20H,2-5,7-8H2,1H3,(H2,16,21). The Morgan fingerprint density at radius 3 is 2.60 bits per heavy atom. The van der Waals surface area contributed by atoms with Gasteiger partial charge in [-0.2, -0.15) is 0 Å². The maximum Gasteiger partial charge on any atom is 0.302 e. The zero-order valence-corrected chi connectivity index (χ0v) is 13.8. The Bertz CT molecular complexity index is 720. The molecule has 1 heterocycles. The van der Waals surface area contributed by atoms with Crippen LogP contribution in [0.25, 0.3) is 0 Å². The summed E-state index contributed by atoms with van der Waals surface area (Å²) in [4.78, 5) is 34.5. The Morgan fingerprint density at radius 1 is 1.40 bits per heavy atom. The summed E-state index contributed by atoms with van der Waals surface area (Å²) in [5.74, 6) is -0.578. The number of aliphatic hydroxyl groups excluding tert-OH is 1. The number of anilines is 1. The Hall–Kier alpha value is -2.75. The highest BCUT2D eigenvalue weighted by Crippen LogP contribution is 2.43. The fraction of sp³-hybridized carbons (Fsp3) is 0.533. The van der Waals surface area contributed by atoms with E-state index in [2.05, 4.69) is 0 Å². The molecule has 10 heteroatoms. The van der Waals surface area contributed by atoms with Gasteiger partial charge in [-0.05, 0) is 31.2 Å². The van der Waals surface area contributed by atoms with E-state index in [-0.39, 0.29) is 41.4 Å². The molecule has 0 spiro atoms. The van der Waals surface area contributed by atoms with Crippen LogP contribution in [0, 0.1) is 33.1 Å². The quantitative estimate of drug-likeness (QED) is 0.579. The van der Waals surface area contributed by atoms with Crippen molar-refractivity contribution >= 4 is 23.0 Å². The largest absolute Gasteiger partial charge is 0.392 e. The normalized spacial score (nSPS) is 17.4. The van der Waals surface area contributed by atoms with Gasteiger partial charge in [0.05, 0.1) is 16.5 Å². The van der Waals surface area contributed by atoms with Crippen LogP contribution in [0.2, 0.25) is 0 Å². The van der Waals surface area contributed by atoms with Crippen LogP contribution in [-0.2, 0) is 11.4 Å². The number of nitro groups is 2. The lowest BCUT2D eigenvalue weighted by atomic mass is 9.93. The van der Waals surface area contributed by atoms with E-state index >= 15 is 0 Å². The number of nitro benzene ring substituents is 2. The summed E-state index contributed by atoms with van der Waals surface area (Å²) in [5, 5.41) is 32.4. The average Bonchev–Trinajstić information content (AvgIpc) is 2.53. The number of nitrogens with two attached hydrogens (primary N) is 1. The van der Waals surface area contributed by atoms with Gasteiger partial charge in [-0.15, -0.1) is 0 Å². The molecule has 1 aromatic carbocycles. The average molecular weight is 352 g/mol. The molecule has 0 saturated carbocycles. The van der Waals surface area contributed by atoms with E-state index in [0.717, 1.165) is 6.42 Å². The Balaban J connectivity index is 2.58. The van der Waals surface area contributed by atoms with Crippen LogP contribution in [0.5, 0.6) is 0 Å². The Labute approximate surface area is 143 Å². The van der Waals surface area contributed by atoms with Gasteiger partial charge >= 0.3 is 5.69 Å². The molecule has 1 aliphatic rings. The van der Waals surface area contributed by atoms with Gasteiger partial charge in [-0.1, -0.05) is 0 Å². The number of carbonyl (C=O) groups excluding carboxylic acids is 1. The van der Waals surface area contributed by atoms with Crippen LogP contribution in [0.15, 0.2) is 6.07 Å². The second-order valence-corrected chi connectivity index (χ2v) is 6.17. The number of rotatable bonds is 6. The number of benzene rings is 1. The summed E-state index contributed by atoms with van der Waals surface area (Å²) in [5.41, 5.74) is 4.71. The van der Waals surface area contributed by atoms with Crippen LogP contribution in [0.3, 0.4) is 0 Å². The summed E-state index contributed by atoms with van der Waals surface area (Å²) >= 11 is 0. The number of nitrogens with zero attached hydrogens (tertiary/aromatic N) is 3. The smallest absolute Gasteiger partial charge is 0.302 e. The van der Waals surface area contributed by atoms with Gasteiger partial charge in [0.2, 0.25) is 5.91 Å². The van der Waals surface area contributed by atoms with Crippen molar-refractivity contribution in [1.29, 1.82) is 0 Å². The number of hydrogen-bond acceptors (Lipinski definition) is 7. The highest BCUT2D eigenvalue weighted by atomic mass is 16.6. The van der Waals surface area contributed by atoms with Crippen LogP contribution in [0.4, 0.5) is 17.1 Å². The first-order valence-corrected chi connectivity index (χ1v) is 7.85. The summed E-state index contributed by atoms with van der Waals surface area (Å²) < 4.78 is 0. The van der Waals surface area contributed by atoms with Gasteiger partial charge in [-0.25, -0.2) is 0 Å². The van der Waals surface area contributed by atoms with E-state index in [9.17, 15) is 30.1 Å². The minimum atomic E-state index is -0.682. The molecule has 0 aromatic heterocycles. The van der Waals surface area contributed by atoms with Crippen molar-refractivity contribution in [1.82, 2.24) is 0 Å². The second kappa shape index (κ2) is 7.43. The molecular formula is C15H20N4O6. The van der Waals surface area contributed by atoms with Crippen LogP contribution in [-0.4, -0.2) is 33.9 Å². The molecule has 1 amide bonds. The van der Waals surface area contributed by atoms with Crippen molar-refractivity contribution in [3.05, 3.63) is 37.4 Å². The predicted octanol–water partition coefficient (Wildman–Crippen LogP) is 1.40. The molecule has 10 nitrogen and oxygen atoms in total. The van der Waals surface area contributed by atoms with Crippen molar-refractivity contribution < 1.29 is 19.7 Å². The van der Waals surface area contributed by atoms with Crippen LogP contribution in [0.1, 0.15) is 30.4 Å². The Morgan fingerprint density at radius 2 is 2.08 bits per heavy atom. The fourth-order valence-electron chi connectivity index (χ4n) is 3.35. The molecule has 1 aliphatic heterocycles. The first-order valence-electron chi connectivity index (χ1n) is 7.85. The molecular weight excluding hydrogens is 332 g/mol. The van der Waals surface area contributed by atoms with Gasteiger partial charge in [0.1, 0.15) is 0 Å². The highest BCUT2D eigenvalue weighted by molar-refractivity contribution is 5.79. The van der Waals surface area contributed by atoms with Crippen molar-refractivity contribution in [2.45, 2.75) is 32.8 Å². The molecule has 0 bridgehead atoms. The van der Waals surface area contributed by atoms with Crippen LogP contribution >= 0.6 is 0 Å². The predicted molar refractivity (Wildman–Crippen MR) is 89.2 cm³/mol. The third kappa shape index (κ3) is 3.85. The molecule has 1 unspecified atom stereocenters. The van der Waals surface area contributed by atoms with Gasteiger partial charge < -0.3 is 15.7 Å². The number of piperidine rings is 1. The van der Waals surface area contributed by atoms with Gasteiger partial charge in [-0.3, -0.25) is 25.0 Å². The van der Waals surface area contributed by atoms with Gasteiger partial charge in [0, 0.05) is 31.1 Å². The molecule has 2 rings (SSSR count). The summed E-state index contributed by atoms with van der Waals surface area (Å²) in [6.07, 6.45) is 1.51. The summed E-state index contributed by atoms with van der Waals surface area (Å²) in [7, 11) is 0. The van der Waals surface area contributed by atoms with Gasteiger partial charge in [0.15, 0.2) is 5.69 Å². The Kier molecular flexibility index (Phi) is 5.52. The number of hydrogen-bond donors (Lipinski definition) is 2. The number of aliphatic hydroxyl groups is 1. The molecule has 25 heavy (non-hydrogen) atoms. The lowest BCUT2D eigenvalue weighted by Gasteiger charge is -2.33. The maximum absolute atomic E-state index is 11.6. The maximum atomic E-state index is 11.6. The van der Waals surface area contributed by atoms with E-state index < -0.39 is 28.0 Å². The summed E-state index contributed by atoms with van der Waals surface area (Å²) in [6, 6.07) is 1.18. The van der Waals surface area contributed by atoms with Crippen molar-refractivity contribution in [2.75, 3.05) is 18.0 Å². The van der Waals surface area contributed by atoms with Gasteiger partial charge in [0.25, 0.3) is 5.69 Å². The molecule has 1 aromatic rings. The summed E-state index contributed by atoms with van der Waals surface area (Å²) in [6.45, 7) is 1.62. The van der Waals surface area contributed by atoms with Crippen LogP contribution < -0.4 is 10.6 Å². The third-order valence-electron chi connectivity index (χ3n) is 4.49.